The number of aliphatic hydroxyl groups excluding tert-OH is 1. The van der Waals surface area contributed by atoms with Crippen LogP contribution in [-0.2, 0) is 0 Å². The molecule has 1 aromatic rings. The van der Waals surface area contributed by atoms with Gasteiger partial charge in [0.15, 0.2) is 0 Å². The SMILES string of the molecule is CC(CC(O)c1ccco1)NC(=O)NC1CCN(C2CCCC2)C1. The number of nitrogens with zero attached hydrogens (tertiary/aromatic N) is 1. The van der Waals surface area contributed by atoms with Crippen molar-refractivity contribution in [1.29, 1.82) is 0 Å². The maximum Gasteiger partial charge on any atom is 0.315 e. The van der Waals surface area contributed by atoms with Gasteiger partial charge in [-0.25, -0.2) is 4.79 Å². The zero-order valence-electron chi connectivity index (χ0n) is 14.4. The van der Waals surface area contributed by atoms with Crippen LogP contribution in [0.25, 0.3) is 0 Å². The number of aliphatic hydroxyl groups is 1. The van der Waals surface area contributed by atoms with Gasteiger partial charge >= 0.3 is 6.03 Å². The van der Waals surface area contributed by atoms with Crippen LogP contribution in [0.4, 0.5) is 4.79 Å². The molecule has 6 nitrogen and oxygen atoms in total. The van der Waals surface area contributed by atoms with E-state index in [-0.39, 0.29) is 18.1 Å². The number of urea groups is 1. The van der Waals surface area contributed by atoms with Gasteiger partial charge in [-0.1, -0.05) is 12.8 Å². The number of nitrogens with one attached hydrogen (secondary N) is 2. The van der Waals surface area contributed by atoms with Gasteiger partial charge in [-0.2, -0.15) is 0 Å². The Balaban J connectivity index is 1.37. The third-order valence-electron chi connectivity index (χ3n) is 5.22. The van der Waals surface area contributed by atoms with Crippen LogP contribution in [0.5, 0.6) is 0 Å². The number of hydrogen-bond acceptors (Lipinski definition) is 4. The third-order valence-corrected chi connectivity index (χ3v) is 5.22. The summed E-state index contributed by atoms with van der Waals surface area (Å²) in [7, 11) is 0. The van der Waals surface area contributed by atoms with Crippen LogP contribution in [0.2, 0.25) is 0 Å². The summed E-state index contributed by atoms with van der Waals surface area (Å²) >= 11 is 0. The Morgan fingerprint density at radius 1 is 1.42 bits per heavy atom. The Morgan fingerprint density at radius 3 is 2.92 bits per heavy atom. The summed E-state index contributed by atoms with van der Waals surface area (Å²) in [5.41, 5.74) is 0. The molecular formula is C18H29N3O3. The van der Waals surface area contributed by atoms with Crippen LogP contribution in [0, 0.1) is 0 Å². The summed E-state index contributed by atoms with van der Waals surface area (Å²) in [5, 5.41) is 16.0. The van der Waals surface area contributed by atoms with Crippen molar-refractivity contribution in [2.24, 2.45) is 0 Å². The molecule has 3 unspecified atom stereocenters. The van der Waals surface area contributed by atoms with Crippen LogP contribution < -0.4 is 10.6 Å². The van der Waals surface area contributed by atoms with Gasteiger partial charge in [0.1, 0.15) is 11.9 Å². The second-order valence-corrected chi connectivity index (χ2v) is 7.20. The molecule has 2 aliphatic rings. The molecule has 3 N–H and O–H groups in total. The van der Waals surface area contributed by atoms with Gasteiger partial charge in [0, 0.05) is 37.6 Å². The molecule has 6 heteroatoms. The minimum Gasteiger partial charge on any atom is -0.467 e. The quantitative estimate of drug-likeness (QED) is 0.746. The van der Waals surface area contributed by atoms with E-state index >= 15 is 0 Å². The first-order valence-electron chi connectivity index (χ1n) is 9.14. The summed E-state index contributed by atoms with van der Waals surface area (Å²) in [6.45, 7) is 3.94. The van der Waals surface area contributed by atoms with Gasteiger partial charge in [0.2, 0.25) is 0 Å². The van der Waals surface area contributed by atoms with E-state index < -0.39 is 6.10 Å². The van der Waals surface area contributed by atoms with E-state index in [2.05, 4.69) is 15.5 Å². The fraction of sp³-hybridized carbons (Fsp3) is 0.722. The van der Waals surface area contributed by atoms with Crippen LogP contribution in [0.3, 0.4) is 0 Å². The average molecular weight is 335 g/mol. The highest BCUT2D eigenvalue weighted by Crippen LogP contribution is 2.26. The van der Waals surface area contributed by atoms with Crippen molar-refractivity contribution in [2.75, 3.05) is 13.1 Å². The molecule has 0 bridgehead atoms. The smallest absolute Gasteiger partial charge is 0.315 e. The number of rotatable bonds is 6. The average Bonchev–Trinajstić information content (AvgIpc) is 3.29. The number of furan rings is 1. The molecule has 1 aliphatic carbocycles. The van der Waals surface area contributed by atoms with Crippen LogP contribution in [0.1, 0.15) is 57.3 Å². The molecule has 2 amide bonds. The summed E-state index contributed by atoms with van der Waals surface area (Å²) in [6.07, 6.45) is 7.60. The van der Waals surface area contributed by atoms with Crippen molar-refractivity contribution in [1.82, 2.24) is 15.5 Å². The molecule has 1 aromatic heterocycles. The monoisotopic (exact) mass is 335 g/mol. The number of carbonyl (C=O) groups is 1. The standard InChI is InChI=1S/C18H29N3O3/c1-13(11-16(22)17-7-4-10-24-17)19-18(23)20-14-8-9-21(12-14)15-5-2-3-6-15/h4,7,10,13-16,22H,2-3,5-6,8-9,11-12H2,1H3,(H2,19,20,23). The molecule has 0 radical (unpaired) electrons. The molecule has 3 rings (SSSR count). The molecular weight excluding hydrogens is 306 g/mol. The molecule has 2 fully saturated rings. The minimum atomic E-state index is -0.695. The molecule has 2 heterocycles. The summed E-state index contributed by atoms with van der Waals surface area (Å²) < 4.78 is 5.19. The Kier molecular flexibility index (Phi) is 5.79. The Hall–Kier alpha value is -1.53. The zero-order chi connectivity index (χ0) is 16.9. The number of carbonyl (C=O) groups excluding carboxylic acids is 1. The molecule has 3 atom stereocenters. The lowest BCUT2D eigenvalue weighted by Crippen LogP contribution is -2.47. The van der Waals surface area contributed by atoms with Crippen molar-refractivity contribution in [3.05, 3.63) is 24.2 Å². The number of amides is 2. The van der Waals surface area contributed by atoms with E-state index in [1.807, 2.05) is 6.92 Å². The van der Waals surface area contributed by atoms with E-state index in [0.717, 1.165) is 25.6 Å². The molecule has 0 spiro atoms. The minimum absolute atomic E-state index is 0.127. The van der Waals surface area contributed by atoms with Gasteiger partial charge < -0.3 is 20.2 Å². The van der Waals surface area contributed by atoms with Crippen LogP contribution >= 0.6 is 0 Å². The fourth-order valence-electron chi connectivity index (χ4n) is 3.95. The molecule has 24 heavy (non-hydrogen) atoms. The Labute approximate surface area is 143 Å². The summed E-state index contributed by atoms with van der Waals surface area (Å²) in [5.74, 6) is 0.534. The van der Waals surface area contributed by atoms with Crippen LogP contribution in [0.15, 0.2) is 22.8 Å². The highest BCUT2D eigenvalue weighted by molar-refractivity contribution is 5.74. The lowest BCUT2D eigenvalue weighted by molar-refractivity contribution is 0.129. The van der Waals surface area contributed by atoms with Crippen LogP contribution in [-0.4, -0.2) is 47.3 Å². The highest BCUT2D eigenvalue weighted by Gasteiger charge is 2.30. The maximum atomic E-state index is 12.2. The number of likely N-dealkylation sites (tertiary alicyclic amines) is 1. The first kappa shape index (κ1) is 17.3. The van der Waals surface area contributed by atoms with E-state index in [1.165, 1.54) is 25.7 Å². The third kappa shape index (κ3) is 4.51. The van der Waals surface area contributed by atoms with Gasteiger partial charge in [0.05, 0.1) is 6.26 Å². The second-order valence-electron chi connectivity index (χ2n) is 7.20. The van der Waals surface area contributed by atoms with Gasteiger partial charge in [-0.3, -0.25) is 4.90 Å². The summed E-state index contributed by atoms with van der Waals surface area (Å²) in [4.78, 5) is 14.7. The van der Waals surface area contributed by atoms with Gasteiger partial charge in [-0.15, -0.1) is 0 Å². The largest absolute Gasteiger partial charge is 0.467 e. The van der Waals surface area contributed by atoms with Crippen molar-refractivity contribution in [2.45, 2.75) is 69.7 Å². The van der Waals surface area contributed by atoms with Crippen molar-refractivity contribution in [3.8, 4) is 0 Å². The van der Waals surface area contributed by atoms with Gasteiger partial charge in [0.25, 0.3) is 0 Å². The lowest BCUT2D eigenvalue weighted by Gasteiger charge is -2.24. The number of hydrogen-bond donors (Lipinski definition) is 3. The molecule has 134 valence electrons. The van der Waals surface area contributed by atoms with E-state index in [1.54, 1.807) is 18.4 Å². The predicted octanol–water partition coefficient (Wildman–Crippen LogP) is 2.41. The second kappa shape index (κ2) is 8.03. The van der Waals surface area contributed by atoms with E-state index in [4.69, 9.17) is 4.42 Å². The Bertz CT molecular complexity index is 514. The molecule has 1 saturated carbocycles. The topological polar surface area (TPSA) is 77.7 Å². The zero-order valence-corrected chi connectivity index (χ0v) is 14.4. The Morgan fingerprint density at radius 2 is 2.21 bits per heavy atom. The first-order valence-corrected chi connectivity index (χ1v) is 9.14. The first-order chi connectivity index (χ1) is 11.6. The normalized spacial score (nSPS) is 24.8. The molecule has 1 aliphatic heterocycles. The van der Waals surface area contributed by atoms with E-state index in [0.29, 0.717) is 12.2 Å². The molecule has 1 saturated heterocycles. The van der Waals surface area contributed by atoms with Crippen molar-refractivity contribution >= 4 is 6.03 Å². The van der Waals surface area contributed by atoms with Gasteiger partial charge in [-0.05, 0) is 38.3 Å². The lowest BCUT2D eigenvalue weighted by atomic mass is 10.1. The maximum absolute atomic E-state index is 12.2. The summed E-state index contributed by atoms with van der Waals surface area (Å²) in [6, 6.07) is 4.17. The van der Waals surface area contributed by atoms with Crippen molar-refractivity contribution < 1.29 is 14.3 Å². The highest BCUT2D eigenvalue weighted by atomic mass is 16.4. The van der Waals surface area contributed by atoms with E-state index in [9.17, 15) is 9.90 Å². The predicted molar refractivity (Wildman–Crippen MR) is 91.6 cm³/mol. The molecule has 0 aromatic carbocycles. The fourth-order valence-corrected chi connectivity index (χ4v) is 3.95. The van der Waals surface area contributed by atoms with Crippen molar-refractivity contribution in [3.63, 3.8) is 0 Å².